The molecule has 0 spiro atoms. The molecule has 1 aromatic rings. The maximum absolute atomic E-state index is 4.49. The van der Waals surface area contributed by atoms with E-state index in [1.54, 1.807) is 0 Å². The van der Waals surface area contributed by atoms with Crippen LogP contribution in [0.5, 0.6) is 0 Å². The second-order valence-corrected chi connectivity index (χ2v) is 10.5. The van der Waals surface area contributed by atoms with Crippen LogP contribution in [0.3, 0.4) is 0 Å². The molecule has 0 N–H and O–H groups in total. The Morgan fingerprint density at radius 2 is 1.77 bits per heavy atom. The molecule has 166 valence electrons. The van der Waals surface area contributed by atoms with Gasteiger partial charge < -0.3 is 14.7 Å². The van der Waals surface area contributed by atoms with Crippen molar-refractivity contribution < 1.29 is 0 Å². The van der Waals surface area contributed by atoms with Crippen molar-refractivity contribution in [2.75, 3.05) is 31.1 Å². The van der Waals surface area contributed by atoms with Crippen molar-refractivity contribution in [1.29, 1.82) is 0 Å². The molecule has 0 saturated carbocycles. The van der Waals surface area contributed by atoms with Gasteiger partial charge in [-0.1, -0.05) is 54.2 Å². The van der Waals surface area contributed by atoms with Crippen LogP contribution in [-0.4, -0.2) is 42.0 Å². The first kappa shape index (κ1) is 22.8. The Hall–Kier alpha value is -1.90. The smallest absolute Gasteiger partial charge is 0.0440 e. The van der Waals surface area contributed by atoms with Gasteiger partial charge in [0.15, 0.2) is 0 Å². The predicted molar refractivity (Wildman–Crippen MR) is 132 cm³/mol. The summed E-state index contributed by atoms with van der Waals surface area (Å²) in [6.07, 6.45) is 4.58. The largest absolute Gasteiger partial charge is 0.372 e. The third kappa shape index (κ3) is 4.87. The number of aryl methyl sites for hydroxylation is 1. The molecule has 2 heterocycles. The Kier molecular flexibility index (Phi) is 6.89. The molecule has 0 aromatic heterocycles. The SMILES string of the molecule is C=C(CC(C)(C)C)N1CCN(c2cc(CC)c3c(c2)CN(C(C)CCC)C3=C)CC1. The lowest BCUT2D eigenvalue weighted by Crippen LogP contribution is -2.46. The first-order valence-electron chi connectivity index (χ1n) is 11.9. The predicted octanol–water partition coefficient (Wildman–Crippen LogP) is 6.30. The monoisotopic (exact) mass is 409 g/mol. The second-order valence-electron chi connectivity index (χ2n) is 10.5. The van der Waals surface area contributed by atoms with Gasteiger partial charge in [0.2, 0.25) is 0 Å². The number of benzene rings is 1. The first-order valence-corrected chi connectivity index (χ1v) is 11.9. The maximum atomic E-state index is 4.49. The van der Waals surface area contributed by atoms with Gasteiger partial charge in [-0.05, 0) is 54.9 Å². The van der Waals surface area contributed by atoms with Crippen molar-refractivity contribution in [2.24, 2.45) is 5.41 Å². The Balaban J connectivity index is 1.73. The van der Waals surface area contributed by atoms with Gasteiger partial charge in [-0.15, -0.1) is 0 Å². The van der Waals surface area contributed by atoms with Gasteiger partial charge in [-0.2, -0.15) is 0 Å². The standard InChI is InChI=1S/C27H43N3/c1-9-11-20(3)30-19-24-17-25(16-23(10-2)26(24)22(30)5)29-14-12-28(13-15-29)21(4)18-27(6,7)8/h16-17,20H,4-5,9-15,18-19H2,1-3,6-8H3. The van der Waals surface area contributed by atoms with Crippen LogP contribution < -0.4 is 4.90 Å². The molecule has 1 unspecified atom stereocenters. The molecule has 0 aliphatic carbocycles. The Labute approximate surface area is 185 Å². The molecule has 3 heteroatoms. The molecule has 30 heavy (non-hydrogen) atoms. The Morgan fingerprint density at radius 3 is 2.33 bits per heavy atom. The van der Waals surface area contributed by atoms with Crippen LogP contribution in [0.4, 0.5) is 5.69 Å². The highest BCUT2D eigenvalue weighted by Gasteiger charge is 2.29. The fourth-order valence-corrected chi connectivity index (χ4v) is 5.13. The number of piperazine rings is 1. The minimum absolute atomic E-state index is 0.299. The van der Waals surface area contributed by atoms with Crippen molar-refractivity contribution in [3.63, 3.8) is 0 Å². The van der Waals surface area contributed by atoms with Crippen LogP contribution in [0.1, 0.15) is 77.5 Å². The Morgan fingerprint density at radius 1 is 1.10 bits per heavy atom. The van der Waals surface area contributed by atoms with Gasteiger partial charge in [0.25, 0.3) is 0 Å². The normalized spacial score (nSPS) is 18.1. The van der Waals surface area contributed by atoms with Crippen LogP contribution in [0, 0.1) is 5.41 Å². The highest BCUT2D eigenvalue weighted by atomic mass is 15.3. The summed E-state index contributed by atoms with van der Waals surface area (Å²) in [5.41, 5.74) is 8.56. The third-order valence-electron chi connectivity index (χ3n) is 6.71. The number of fused-ring (bicyclic) bond motifs is 1. The maximum Gasteiger partial charge on any atom is 0.0440 e. The van der Waals surface area contributed by atoms with Crippen LogP contribution in [0.2, 0.25) is 0 Å². The minimum Gasteiger partial charge on any atom is -0.372 e. The van der Waals surface area contributed by atoms with E-state index in [9.17, 15) is 0 Å². The van der Waals surface area contributed by atoms with Crippen molar-refractivity contribution >= 4 is 11.4 Å². The van der Waals surface area contributed by atoms with Crippen LogP contribution in [0.25, 0.3) is 5.70 Å². The number of anilines is 1. The van der Waals surface area contributed by atoms with Gasteiger partial charge in [-0.3, -0.25) is 0 Å². The molecule has 1 saturated heterocycles. The molecule has 1 atom stereocenters. The molecule has 1 aromatic carbocycles. The quantitative estimate of drug-likeness (QED) is 0.523. The van der Waals surface area contributed by atoms with Gasteiger partial charge in [0, 0.05) is 61.4 Å². The summed E-state index contributed by atoms with van der Waals surface area (Å²) in [5.74, 6) is 0. The number of allylic oxidation sites excluding steroid dienone is 1. The highest BCUT2D eigenvalue weighted by Crippen LogP contribution is 2.39. The van der Waals surface area contributed by atoms with Gasteiger partial charge in [0.1, 0.15) is 0 Å². The molecule has 0 bridgehead atoms. The summed E-state index contributed by atoms with van der Waals surface area (Å²) in [4.78, 5) is 7.58. The molecular formula is C27H43N3. The number of nitrogens with zero attached hydrogens (tertiary/aromatic N) is 3. The van der Waals surface area contributed by atoms with Crippen molar-refractivity contribution in [3.8, 4) is 0 Å². The Bertz CT molecular complexity index is 778. The molecule has 2 aliphatic heterocycles. The summed E-state index contributed by atoms with van der Waals surface area (Å²) >= 11 is 0. The van der Waals surface area contributed by atoms with E-state index in [-0.39, 0.29) is 0 Å². The van der Waals surface area contributed by atoms with E-state index in [2.05, 4.69) is 81.5 Å². The lowest BCUT2D eigenvalue weighted by molar-refractivity contribution is 0.276. The topological polar surface area (TPSA) is 9.72 Å². The average Bonchev–Trinajstić information content (AvgIpc) is 3.03. The summed E-state index contributed by atoms with van der Waals surface area (Å²) in [7, 11) is 0. The molecule has 3 nitrogen and oxygen atoms in total. The van der Waals surface area contributed by atoms with E-state index in [1.807, 2.05) is 0 Å². The zero-order valence-corrected chi connectivity index (χ0v) is 20.4. The van der Waals surface area contributed by atoms with E-state index in [1.165, 1.54) is 46.6 Å². The fraction of sp³-hybridized carbons (Fsp3) is 0.630. The highest BCUT2D eigenvalue weighted by molar-refractivity contribution is 5.75. The lowest BCUT2D eigenvalue weighted by atomic mass is 9.90. The lowest BCUT2D eigenvalue weighted by Gasteiger charge is -2.39. The van der Waals surface area contributed by atoms with E-state index < -0.39 is 0 Å². The molecule has 0 amide bonds. The third-order valence-corrected chi connectivity index (χ3v) is 6.71. The van der Waals surface area contributed by atoms with Crippen molar-refractivity contribution in [2.45, 2.75) is 79.8 Å². The van der Waals surface area contributed by atoms with Crippen LogP contribution >= 0.6 is 0 Å². The van der Waals surface area contributed by atoms with Crippen LogP contribution in [-0.2, 0) is 13.0 Å². The zero-order valence-electron chi connectivity index (χ0n) is 20.4. The zero-order chi connectivity index (χ0) is 22.1. The van der Waals surface area contributed by atoms with Gasteiger partial charge >= 0.3 is 0 Å². The first-order chi connectivity index (χ1) is 14.1. The molecule has 3 rings (SSSR count). The second kappa shape index (κ2) is 9.08. The van der Waals surface area contributed by atoms with Crippen molar-refractivity contribution in [1.82, 2.24) is 9.80 Å². The van der Waals surface area contributed by atoms with E-state index >= 15 is 0 Å². The van der Waals surface area contributed by atoms with E-state index in [4.69, 9.17) is 0 Å². The average molecular weight is 410 g/mol. The fourth-order valence-electron chi connectivity index (χ4n) is 5.13. The summed E-state index contributed by atoms with van der Waals surface area (Å²) in [5, 5.41) is 0. The van der Waals surface area contributed by atoms with Gasteiger partial charge in [0.05, 0.1) is 0 Å². The molecule has 2 aliphatic rings. The minimum atomic E-state index is 0.299. The summed E-state index contributed by atoms with van der Waals surface area (Å²) < 4.78 is 0. The number of hydrogen-bond donors (Lipinski definition) is 0. The summed E-state index contributed by atoms with van der Waals surface area (Å²) in [6.45, 7) is 27.9. The molecular weight excluding hydrogens is 366 g/mol. The van der Waals surface area contributed by atoms with Crippen LogP contribution in [0.15, 0.2) is 31.0 Å². The summed E-state index contributed by atoms with van der Waals surface area (Å²) in [6, 6.07) is 5.43. The van der Waals surface area contributed by atoms with E-state index in [0.717, 1.165) is 45.6 Å². The van der Waals surface area contributed by atoms with E-state index in [0.29, 0.717) is 11.5 Å². The van der Waals surface area contributed by atoms with Crippen molar-refractivity contribution in [3.05, 3.63) is 47.7 Å². The number of hydrogen-bond acceptors (Lipinski definition) is 3. The van der Waals surface area contributed by atoms with Gasteiger partial charge in [-0.25, -0.2) is 0 Å². The molecule has 1 fully saturated rings. The molecule has 0 radical (unpaired) electrons. The number of rotatable bonds is 7.